The molecule has 65 heavy (non-hydrogen) atoms. The lowest BCUT2D eigenvalue weighted by atomic mass is 9.59. The van der Waals surface area contributed by atoms with Gasteiger partial charge in [0.1, 0.15) is 0 Å². The molecule has 3 aliphatic carbocycles. The van der Waals surface area contributed by atoms with Gasteiger partial charge in [0.25, 0.3) is 0 Å². The topological polar surface area (TPSA) is 8.17 Å². The van der Waals surface area contributed by atoms with Crippen LogP contribution in [0.4, 0.5) is 17.1 Å². The first-order chi connectivity index (χ1) is 32.3. The van der Waals surface area contributed by atoms with Crippen LogP contribution in [0.5, 0.6) is 0 Å². The van der Waals surface area contributed by atoms with Gasteiger partial charge in [-0.25, -0.2) is 0 Å². The monoisotopic (exact) mass is 830 g/mol. The minimum atomic E-state index is -0.517. The molecule has 11 aromatic rings. The summed E-state index contributed by atoms with van der Waals surface area (Å²) in [5.41, 5.74) is 19.1. The first-order valence-electron chi connectivity index (χ1n) is 23.5. The number of hydrogen-bond donors (Lipinski definition) is 0. The highest BCUT2D eigenvalue weighted by Crippen LogP contribution is 2.64. The fourth-order valence-electron chi connectivity index (χ4n) is 12.7. The fraction of sp³-hybridized carbons (Fsp3) is 0.111. The molecule has 0 N–H and O–H groups in total. The van der Waals surface area contributed by atoms with Crippen molar-refractivity contribution < 1.29 is 0 Å². The molecule has 0 aliphatic heterocycles. The Kier molecular flexibility index (Phi) is 8.01. The molecule has 10 aromatic carbocycles. The van der Waals surface area contributed by atoms with Crippen molar-refractivity contribution in [1.29, 1.82) is 0 Å². The molecule has 308 valence electrons. The number of nitrogens with zero attached hydrogens (tertiary/aromatic N) is 2. The third-order valence-electron chi connectivity index (χ3n) is 15.3. The van der Waals surface area contributed by atoms with Crippen LogP contribution < -0.4 is 4.90 Å². The van der Waals surface area contributed by atoms with Crippen LogP contribution in [0.15, 0.2) is 212 Å². The molecular formula is C63H46N2. The molecule has 2 nitrogen and oxygen atoms in total. The number of benzene rings is 10. The summed E-state index contributed by atoms with van der Waals surface area (Å²) in [4.78, 5) is 2.54. The summed E-state index contributed by atoms with van der Waals surface area (Å²) < 4.78 is 2.41. The summed E-state index contributed by atoms with van der Waals surface area (Å²) in [5.74, 6) is 0.523. The molecule has 14 rings (SSSR count). The standard InChI is InChI=1S/C63H46N2/c1-3-17-42(18-4-1)48-36-33-43-21-15-28-53-50-26-10-13-30-56(50)63(62(48)61(43)53)55-29-12-9-25-49(55)51-37-34-46(40-57(51)63)64(58-32-16-20-41-19-7-8-24-47(41)58)45-35-38-60-54(39-45)52-27-11-14-31-59(52)65(60)44-22-5-2-6-23-44/h2,5-16,19-40,42H,1,3-4,17-18H2. The van der Waals surface area contributed by atoms with E-state index in [1.54, 1.807) is 5.56 Å². The second kappa shape index (κ2) is 14.2. The van der Waals surface area contributed by atoms with Gasteiger partial charge in [0.05, 0.1) is 22.1 Å². The normalized spacial score (nSPS) is 16.3. The molecular weight excluding hydrogens is 785 g/mol. The number of hydrogen-bond acceptors (Lipinski definition) is 1. The summed E-state index contributed by atoms with van der Waals surface area (Å²) in [6, 6.07) is 80.5. The zero-order valence-electron chi connectivity index (χ0n) is 36.2. The molecule has 3 aliphatic rings. The molecule has 1 fully saturated rings. The third kappa shape index (κ3) is 5.17. The highest BCUT2D eigenvalue weighted by molar-refractivity contribution is 6.12. The van der Waals surface area contributed by atoms with Gasteiger partial charge in [-0.05, 0) is 140 Å². The number of anilines is 3. The van der Waals surface area contributed by atoms with Gasteiger partial charge in [-0.1, -0.05) is 177 Å². The van der Waals surface area contributed by atoms with E-state index in [1.165, 1.54) is 120 Å². The summed E-state index contributed by atoms with van der Waals surface area (Å²) in [7, 11) is 0. The van der Waals surface area contributed by atoms with Gasteiger partial charge in [0.2, 0.25) is 0 Å². The van der Waals surface area contributed by atoms with Crippen molar-refractivity contribution >= 4 is 60.4 Å². The average molecular weight is 831 g/mol. The maximum Gasteiger partial charge on any atom is 0.0729 e. The van der Waals surface area contributed by atoms with Crippen molar-refractivity contribution in [2.24, 2.45) is 0 Å². The smallest absolute Gasteiger partial charge is 0.0729 e. The van der Waals surface area contributed by atoms with Crippen LogP contribution in [0, 0.1) is 0 Å². The van der Waals surface area contributed by atoms with Crippen molar-refractivity contribution in [2.75, 3.05) is 4.90 Å². The van der Waals surface area contributed by atoms with Crippen LogP contribution in [0.3, 0.4) is 0 Å². The van der Waals surface area contributed by atoms with Crippen LogP contribution in [0.25, 0.3) is 71.3 Å². The van der Waals surface area contributed by atoms with Gasteiger partial charge in [-0.15, -0.1) is 0 Å². The minimum absolute atomic E-state index is 0.517. The van der Waals surface area contributed by atoms with Gasteiger partial charge < -0.3 is 9.47 Å². The molecule has 1 heterocycles. The Labute approximate surface area is 379 Å². The summed E-state index contributed by atoms with van der Waals surface area (Å²) in [6.45, 7) is 0. The summed E-state index contributed by atoms with van der Waals surface area (Å²) >= 11 is 0. The zero-order chi connectivity index (χ0) is 42.6. The van der Waals surface area contributed by atoms with E-state index in [1.807, 2.05) is 0 Å². The van der Waals surface area contributed by atoms with Gasteiger partial charge in [0.15, 0.2) is 0 Å². The molecule has 1 aromatic heterocycles. The van der Waals surface area contributed by atoms with E-state index in [2.05, 4.69) is 222 Å². The van der Waals surface area contributed by atoms with Crippen molar-refractivity contribution in [2.45, 2.75) is 43.4 Å². The van der Waals surface area contributed by atoms with Gasteiger partial charge in [-0.2, -0.15) is 0 Å². The molecule has 1 atom stereocenters. The van der Waals surface area contributed by atoms with E-state index in [0.29, 0.717) is 5.92 Å². The van der Waals surface area contributed by atoms with Crippen LogP contribution in [0.2, 0.25) is 0 Å². The molecule has 1 saturated carbocycles. The Hall–Kier alpha value is -7.68. The molecule has 0 amide bonds. The molecule has 0 bridgehead atoms. The third-order valence-corrected chi connectivity index (χ3v) is 15.3. The lowest BCUT2D eigenvalue weighted by molar-refractivity contribution is 0.440. The van der Waals surface area contributed by atoms with Crippen LogP contribution >= 0.6 is 0 Å². The maximum absolute atomic E-state index is 2.59. The predicted molar refractivity (Wildman–Crippen MR) is 273 cm³/mol. The van der Waals surface area contributed by atoms with Gasteiger partial charge >= 0.3 is 0 Å². The lowest BCUT2D eigenvalue weighted by Gasteiger charge is -2.43. The SMILES string of the molecule is c1ccc(-n2c3ccccc3c3cc(N(c4ccc5c(c4)C4(c6ccccc6-5)c5ccccc5-c5cccc6ccc(C7CCCCC7)c4c56)c4cccc5ccccc45)ccc32)cc1. The lowest BCUT2D eigenvalue weighted by Crippen LogP contribution is -2.34. The predicted octanol–water partition coefficient (Wildman–Crippen LogP) is 17.0. The first kappa shape index (κ1) is 36.8. The second-order valence-corrected chi connectivity index (χ2v) is 18.6. The van der Waals surface area contributed by atoms with Gasteiger partial charge in [-0.3, -0.25) is 0 Å². The minimum Gasteiger partial charge on any atom is -0.310 e. The largest absolute Gasteiger partial charge is 0.310 e. The number of rotatable bonds is 5. The van der Waals surface area contributed by atoms with Crippen LogP contribution in [-0.4, -0.2) is 4.57 Å². The fourth-order valence-corrected chi connectivity index (χ4v) is 12.7. The Morgan fingerprint density at radius 2 is 1.03 bits per heavy atom. The molecule has 0 radical (unpaired) electrons. The molecule has 1 unspecified atom stereocenters. The molecule has 0 saturated heterocycles. The quantitative estimate of drug-likeness (QED) is 0.168. The van der Waals surface area contributed by atoms with E-state index in [9.17, 15) is 0 Å². The molecule has 2 heteroatoms. The van der Waals surface area contributed by atoms with Gasteiger partial charge in [0, 0.05) is 33.2 Å². The summed E-state index contributed by atoms with van der Waals surface area (Å²) in [6.07, 6.45) is 6.39. The van der Waals surface area contributed by atoms with E-state index >= 15 is 0 Å². The van der Waals surface area contributed by atoms with Crippen LogP contribution in [-0.2, 0) is 5.41 Å². The summed E-state index contributed by atoms with van der Waals surface area (Å²) in [5, 5.41) is 7.68. The van der Waals surface area contributed by atoms with E-state index in [4.69, 9.17) is 0 Å². The van der Waals surface area contributed by atoms with Crippen molar-refractivity contribution in [3.8, 4) is 27.9 Å². The van der Waals surface area contributed by atoms with E-state index < -0.39 is 5.41 Å². The number of para-hydroxylation sites is 2. The highest BCUT2D eigenvalue weighted by atomic mass is 15.1. The zero-order valence-corrected chi connectivity index (χ0v) is 36.2. The Balaban J connectivity index is 1.08. The van der Waals surface area contributed by atoms with Crippen molar-refractivity contribution in [1.82, 2.24) is 4.57 Å². The number of aromatic nitrogens is 1. The van der Waals surface area contributed by atoms with E-state index in [-0.39, 0.29) is 0 Å². The van der Waals surface area contributed by atoms with Crippen LogP contribution in [0.1, 0.15) is 65.8 Å². The van der Waals surface area contributed by atoms with Crippen molar-refractivity contribution in [3.63, 3.8) is 0 Å². The highest BCUT2D eigenvalue weighted by Gasteiger charge is 2.52. The Morgan fingerprint density at radius 3 is 1.88 bits per heavy atom. The second-order valence-electron chi connectivity index (χ2n) is 18.6. The van der Waals surface area contributed by atoms with Crippen molar-refractivity contribution in [3.05, 3.63) is 240 Å². The maximum atomic E-state index is 2.59. The Bertz CT molecular complexity index is 3710. The Morgan fingerprint density at radius 1 is 0.415 bits per heavy atom. The average Bonchev–Trinajstić information content (AvgIpc) is 3.86. The first-order valence-corrected chi connectivity index (χ1v) is 23.5. The van der Waals surface area contributed by atoms with E-state index in [0.717, 1.165) is 22.7 Å². The number of fused-ring (bicyclic) bond motifs is 13. The molecule has 1 spiro atoms.